The third kappa shape index (κ3) is 6.69. The van der Waals surface area contributed by atoms with Crippen molar-refractivity contribution < 1.29 is 28.9 Å². The normalized spacial score (nSPS) is 12.4. The number of nitrogens with zero attached hydrogens (tertiary/aromatic N) is 2. The van der Waals surface area contributed by atoms with Gasteiger partial charge in [0, 0.05) is 18.8 Å². The van der Waals surface area contributed by atoms with Crippen LogP contribution in [0.2, 0.25) is 0 Å². The Morgan fingerprint density at radius 2 is 1.64 bits per heavy atom. The predicted octanol–water partition coefficient (Wildman–Crippen LogP) is 4.61. The summed E-state index contributed by atoms with van der Waals surface area (Å²) in [7, 11) is 1.54. The Morgan fingerprint density at radius 1 is 0.944 bits per heavy atom. The van der Waals surface area contributed by atoms with Gasteiger partial charge in [-0.15, -0.1) is 0 Å². The Balaban J connectivity index is 1.31. The zero-order chi connectivity index (χ0) is 25.3. The van der Waals surface area contributed by atoms with E-state index in [-0.39, 0.29) is 6.54 Å². The molecule has 1 aliphatic heterocycles. The van der Waals surface area contributed by atoms with E-state index in [1.807, 2.05) is 24.3 Å². The quantitative estimate of drug-likeness (QED) is 0.444. The van der Waals surface area contributed by atoms with Gasteiger partial charge in [0.25, 0.3) is 0 Å². The number of para-hydroxylation sites is 1. The first-order valence-electron chi connectivity index (χ1n) is 11.9. The lowest BCUT2D eigenvalue weighted by atomic mass is 10.0. The number of carbonyl (C=O) groups excluding carboxylic acids is 1. The molecule has 36 heavy (non-hydrogen) atoms. The molecule has 0 saturated carbocycles. The minimum Gasteiger partial charge on any atom is -0.497 e. The van der Waals surface area contributed by atoms with Gasteiger partial charge in [-0.25, -0.2) is 4.79 Å². The van der Waals surface area contributed by atoms with Crippen LogP contribution in [0, 0.1) is 0 Å². The molecule has 3 aromatic carbocycles. The molecule has 0 radical (unpaired) electrons. The van der Waals surface area contributed by atoms with Crippen LogP contribution >= 0.6 is 0 Å². The average Bonchev–Trinajstić information content (AvgIpc) is 2.89. The summed E-state index contributed by atoms with van der Waals surface area (Å²) in [5, 5.41) is 9.27. The number of fused-ring (bicyclic) bond motifs is 1. The Morgan fingerprint density at radius 3 is 2.36 bits per heavy atom. The maximum atomic E-state index is 12.6. The molecule has 0 saturated heterocycles. The SMILES string of the molecule is COc1ccc(OC(=O)N(CC(=O)O)Cc2ccc(OCCN3CCCc4ccccc43)cc2)cc1. The summed E-state index contributed by atoms with van der Waals surface area (Å²) in [5.74, 6) is 0.520. The van der Waals surface area contributed by atoms with Crippen molar-refractivity contribution >= 4 is 17.7 Å². The fourth-order valence-electron chi connectivity index (χ4n) is 4.19. The van der Waals surface area contributed by atoms with E-state index in [1.165, 1.54) is 11.3 Å². The zero-order valence-corrected chi connectivity index (χ0v) is 20.3. The highest BCUT2D eigenvalue weighted by Gasteiger charge is 2.20. The van der Waals surface area contributed by atoms with Gasteiger partial charge < -0.3 is 24.2 Å². The molecule has 0 spiro atoms. The summed E-state index contributed by atoms with van der Waals surface area (Å²) in [6, 6.07) is 22.3. The first-order valence-corrected chi connectivity index (χ1v) is 11.9. The Labute approximate surface area is 210 Å². The number of aryl methyl sites for hydroxylation is 1. The summed E-state index contributed by atoms with van der Waals surface area (Å²) in [4.78, 5) is 27.5. The fourth-order valence-corrected chi connectivity index (χ4v) is 4.19. The number of methoxy groups -OCH3 is 1. The molecular weight excluding hydrogens is 460 g/mol. The number of rotatable bonds is 10. The predicted molar refractivity (Wildman–Crippen MR) is 136 cm³/mol. The van der Waals surface area contributed by atoms with E-state index >= 15 is 0 Å². The third-order valence-corrected chi connectivity index (χ3v) is 5.98. The van der Waals surface area contributed by atoms with Crippen molar-refractivity contribution in [3.63, 3.8) is 0 Å². The van der Waals surface area contributed by atoms with Crippen LogP contribution in [-0.4, -0.2) is 55.4 Å². The van der Waals surface area contributed by atoms with Crippen LogP contribution in [-0.2, 0) is 17.8 Å². The lowest BCUT2D eigenvalue weighted by Crippen LogP contribution is -2.37. The Kier molecular flexibility index (Phi) is 8.28. The second kappa shape index (κ2) is 12.0. The van der Waals surface area contributed by atoms with Crippen LogP contribution < -0.4 is 19.1 Å². The van der Waals surface area contributed by atoms with Gasteiger partial charge in [-0.2, -0.15) is 0 Å². The van der Waals surface area contributed by atoms with E-state index in [4.69, 9.17) is 14.2 Å². The molecule has 0 aliphatic carbocycles. The first kappa shape index (κ1) is 24.9. The van der Waals surface area contributed by atoms with E-state index in [9.17, 15) is 14.7 Å². The van der Waals surface area contributed by atoms with Crippen LogP contribution in [0.25, 0.3) is 0 Å². The maximum Gasteiger partial charge on any atom is 0.416 e. The highest BCUT2D eigenvalue weighted by molar-refractivity contribution is 5.78. The second-order valence-electron chi connectivity index (χ2n) is 8.51. The van der Waals surface area contributed by atoms with Gasteiger partial charge in [-0.05, 0) is 66.4 Å². The molecule has 8 nitrogen and oxygen atoms in total. The number of amides is 1. The monoisotopic (exact) mass is 490 g/mol. The van der Waals surface area contributed by atoms with Gasteiger partial charge in [0.1, 0.15) is 30.4 Å². The molecule has 0 fully saturated rings. The first-order chi connectivity index (χ1) is 17.5. The van der Waals surface area contributed by atoms with Crippen molar-refractivity contribution in [1.82, 2.24) is 4.90 Å². The van der Waals surface area contributed by atoms with E-state index in [0.717, 1.165) is 42.1 Å². The second-order valence-corrected chi connectivity index (χ2v) is 8.51. The highest BCUT2D eigenvalue weighted by Crippen LogP contribution is 2.26. The molecule has 4 rings (SSSR count). The van der Waals surface area contributed by atoms with E-state index < -0.39 is 18.6 Å². The van der Waals surface area contributed by atoms with Gasteiger partial charge in [0.2, 0.25) is 0 Å². The number of aliphatic carboxylic acids is 1. The minimum absolute atomic E-state index is 0.0894. The van der Waals surface area contributed by atoms with Crippen molar-refractivity contribution in [3.8, 4) is 17.2 Å². The molecule has 188 valence electrons. The Bertz CT molecular complexity index is 1160. The average molecular weight is 491 g/mol. The minimum atomic E-state index is -1.12. The number of carbonyl (C=O) groups is 2. The molecule has 1 aliphatic rings. The fraction of sp³-hybridized carbons (Fsp3) is 0.286. The number of hydrogen-bond donors (Lipinski definition) is 1. The maximum absolute atomic E-state index is 12.6. The van der Waals surface area contributed by atoms with Crippen LogP contribution in [0.3, 0.4) is 0 Å². The van der Waals surface area contributed by atoms with Gasteiger partial charge in [-0.1, -0.05) is 30.3 Å². The molecule has 1 heterocycles. The molecule has 0 atom stereocenters. The lowest BCUT2D eigenvalue weighted by molar-refractivity contribution is -0.138. The molecule has 3 aromatic rings. The summed E-state index contributed by atoms with van der Waals surface area (Å²) >= 11 is 0. The number of hydrogen-bond acceptors (Lipinski definition) is 6. The lowest BCUT2D eigenvalue weighted by Gasteiger charge is -2.31. The molecule has 0 bridgehead atoms. The van der Waals surface area contributed by atoms with Gasteiger partial charge >= 0.3 is 12.1 Å². The summed E-state index contributed by atoms with van der Waals surface area (Å²) in [6.45, 7) is 1.97. The van der Waals surface area contributed by atoms with Crippen LogP contribution in [0.5, 0.6) is 17.2 Å². The number of benzene rings is 3. The van der Waals surface area contributed by atoms with Gasteiger partial charge in [-0.3, -0.25) is 9.69 Å². The number of carboxylic acid groups (broad SMARTS) is 1. The van der Waals surface area contributed by atoms with Crippen LogP contribution in [0.1, 0.15) is 17.5 Å². The molecule has 0 aromatic heterocycles. The number of ether oxygens (including phenoxy) is 3. The molecular formula is C28H30N2O6. The summed E-state index contributed by atoms with van der Waals surface area (Å²) in [5.41, 5.74) is 3.42. The van der Waals surface area contributed by atoms with E-state index in [2.05, 4.69) is 29.2 Å². The van der Waals surface area contributed by atoms with Crippen LogP contribution in [0.15, 0.2) is 72.8 Å². The van der Waals surface area contributed by atoms with Crippen molar-refractivity contribution in [1.29, 1.82) is 0 Å². The van der Waals surface area contributed by atoms with Crippen molar-refractivity contribution in [2.45, 2.75) is 19.4 Å². The molecule has 1 N–H and O–H groups in total. The van der Waals surface area contributed by atoms with Crippen molar-refractivity contribution in [2.75, 3.05) is 38.3 Å². The highest BCUT2D eigenvalue weighted by atomic mass is 16.6. The molecule has 0 unspecified atom stereocenters. The largest absolute Gasteiger partial charge is 0.497 e. The number of anilines is 1. The third-order valence-electron chi connectivity index (χ3n) is 5.98. The van der Waals surface area contributed by atoms with Crippen LogP contribution in [0.4, 0.5) is 10.5 Å². The van der Waals surface area contributed by atoms with Crippen molar-refractivity contribution in [3.05, 3.63) is 83.9 Å². The summed E-state index contributed by atoms with van der Waals surface area (Å²) in [6.07, 6.45) is 1.51. The smallest absolute Gasteiger partial charge is 0.416 e. The number of carboxylic acids is 1. The van der Waals surface area contributed by atoms with Crippen molar-refractivity contribution in [2.24, 2.45) is 0 Å². The molecule has 1 amide bonds. The zero-order valence-electron chi connectivity index (χ0n) is 20.3. The van der Waals surface area contributed by atoms with E-state index in [1.54, 1.807) is 31.4 Å². The standard InChI is InChI=1S/C28H30N2O6/c1-34-23-12-14-25(15-13-23)36-28(33)30(20-27(31)32)19-21-8-10-24(11-9-21)35-18-17-29-16-4-6-22-5-2-3-7-26(22)29/h2-3,5,7-15H,4,6,16-20H2,1H3,(H,31,32). The molecule has 8 heteroatoms. The topological polar surface area (TPSA) is 88.5 Å². The van der Waals surface area contributed by atoms with Gasteiger partial charge in [0.15, 0.2) is 0 Å². The summed E-state index contributed by atoms with van der Waals surface area (Å²) < 4.78 is 16.4. The van der Waals surface area contributed by atoms with E-state index in [0.29, 0.717) is 18.1 Å². The van der Waals surface area contributed by atoms with Gasteiger partial charge in [0.05, 0.1) is 13.7 Å². The Hall–Kier alpha value is -4.20.